The lowest BCUT2D eigenvalue weighted by atomic mass is 10.1. The highest BCUT2D eigenvalue weighted by molar-refractivity contribution is 9.10. The molecule has 0 aliphatic carbocycles. The molecular formula is C18H18BrN3O2. The molecular weight excluding hydrogens is 370 g/mol. The van der Waals surface area contributed by atoms with Crippen LogP contribution in [0.1, 0.15) is 41.0 Å². The summed E-state index contributed by atoms with van der Waals surface area (Å²) in [6.45, 7) is 4.33. The molecule has 0 amide bonds. The molecule has 2 N–H and O–H groups in total. The Labute approximate surface area is 148 Å². The lowest BCUT2D eigenvalue weighted by Gasteiger charge is -2.06. The van der Waals surface area contributed by atoms with E-state index in [9.17, 15) is 4.79 Å². The van der Waals surface area contributed by atoms with Gasteiger partial charge in [0.1, 0.15) is 5.36 Å². The highest BCUT2D eigenvalue weighted by atomic mass is 79.9. The second kappa shape index (κ2) is 6.73. The van der Waals surface area contributed by atoms with Crippen LogP contribution in [0.5, 0.6) is 0 Å². The number of halogens is 1. The van der Waals surface area contributed by atoms with Crippen molar-refractivity contribution in [2.45, 2.75) is 26.4 Å². The molecule has 1 unspecified atom stereocenters. The van der Waals surface area contributed by atoms with Crippen molar-refractivity contribution < 1.29 is 9.53 Å². The van der Waals surface area contributed by atoms with E-state index in [0.29, 0.717) is 17.9 Å². The van der Waals surface area contributed by atoms with Crippen molar-refractivity contribution in [2.24, 2.45) is 9.98 Å². The molecule has 124 valence electrons. The van der Waals surface area contributed by atoms with Crippen molar-refractivity contribution in [1.82, 2.24) is 0 Å². The van der Waals surface area contributed by atoms with Crippen molar-refractivity contribution in [3.63, 3.8) is 0 Å². The first-order chi connectivity index (χ1) is 11.5. The van der Waals surface area contributed by atoms with Crippen LogP contribution >= 0.6 is 15.9 Å². The topological polar surface area (TPSA) is 77.0 Å². The van der Waals surface area contributed by atoms with Gasteiger partial charge in [-0.05, 0) is 58.6 Å². The maximum absolute atomic E-state index is 11.8. The molecule has 0 saturated heterocycles. The van der Waals surface area contributed by atoms with Crippen LogP contribution in [-0.4, -0.2) is 12.6 Å². The molecule has 6 heteroatoms. The molecule has 3 rings (SSSR count). The van der Waals surface area contributed by atoms with Gasteiger partial charge in [0.05, 0.1) is 27.7 Å². The Morgan fingerprint density at radius 1 is 1.29 bits per heavy atom. The van der Waals surface area contributed by atoms with E-state index in [1.165, 1.54) is 0 Å². The van der Waals surface area contributed by atoms with Gasteiger partial charge in [0.25, 0.3) is 0 Å². The predicted octanol–water partition coefficient (Wildman–Crippen LogP) is 2.86. The van der Waals surface area contributed by atoms with Gasteiger partial charge < -0.3 is 10.5 Å². The molecule has 0 fully saturated rings. The van der Waals surface area contributed by atoms with Gasteiger partial charge in [-0.3, -0.25) is 9.98 Å². The minimum absolute atomic E-state index is 0.307. The van der Waals surface area contributed by atoms with Gasteiger partial charge in [-0.1, -0.05) is 19.1 Å². The fourth-order valence-electron chi connectivity index (χ4n) is 2.49. The Morgan fingerprint density at radius 2 is 2.00 bits per heavy atom. The molecule has 1 atom stereocenters. The molecule has 2 aromatic rings. The van der Waals surface area contributed by atoms with Crippen molar-refractivity contribution in [3.05, 3.63) is 62.2 Å². The van der Waals surface area contributed by atoms with Crippen LogP contribution in [0.3, 0.4) is 0 Å². The number of nitrogen functional groups attached to an aromatic ring is 1. The van der Waals surface area contributed by atoms with Gasteiger partial charge in [-0.15, -0.1) is 0 Å². The Bertz CT molecular complexity index is 907. The second-order valence-electron chi connectivity index (χ2n) is 5.68. The van der Waals surface area contributed by atoms with E-state index in [4.69, 9.17) is 10.5 Å². The zero-order valence-corrected chi connectivity index (χ0v) is 15.1. The molecule has 2 aromatic carbocycles. The SMILES string of the molecule is CCCOC(=O)c1ccc(C2N=c3cc(C)c(N)c(Br)c3=N2)cc1. The fraction of sp³-hybridized carbons (Fsp3) is 0.278. The summed E-state index contributed by atoms with van der Waals surface area (Å²) < 4.78 is 5.91. The third-order valence-corrected chi connectivity index (χ3v) is 4.66. The average Bonchev–Trinajstić information content (AvgIpc) is 3.02. The summed E-state index contributed by atoms with van der Waals surface area (Å²) in [5.74, 6) is -0.307. The van der Waals surface area contributed by atoms with Crippen molar-refractivity contribution in [2.75, 3.05) is 12.3 Å². The summed E-state index contributed by atoms with van der Waals surface area (Å²) in [4.78, 5) is 21.1. The highest BCUT2D eigenvalue weighted by Crippen LogP contribution is 2.23. The molecule has 1 heterocycles. The van der Waals surface area contributed by atoms with Gasteiger partial charge in [0.15, 0.2) is 6.17 Å². The second-order valence-corrected chi connectivity index (χ2v) is 6.47. The normalized spacial score (nSPS) is 15.4. The van der Waals surface area contributed by atoms with Gasteiger partial charge >= 0.3 is 5.97 Å². The first kappa shape index (κ1) is 16.6. The minimum Gasteiger partial charge on any atom is -0.462 e. The standard InChI is InChI=1S/C18H18BrN3O2/c1-3-8-24-18(23)12-6-4-11(5-7-12)17-21-13-9-10(2)15(20)14(19)16(13)22-17/h4-7,9,17H,3,8,20H2,1-2H3. The van der Waals surface area contributed by atoms with E-state index >= 15 is 0 Å². The zero-order valence-electron chi connectivity index (χ0n) is 13.5. The Hall–Kier alpha value is -2.21. The number of aryl methyl sites for hydroxylation is 1. The fourth-order valence-corrected chi connectivity index (χ4v) is 3.11. The first-order valence-corrected chi connectivity index (χ1v) is 8.58. The number of carbonyl (C=O) groups excluding carboxylic acids is 1. The average molecular weight is 388 g/mol. The quantitative estimate of drug-likeness (QED) is 0.646. The van der Waals surface area contributed by atoms with E-state index in [1.807, 2.05) is 32.0 Å². The van der Waals surface area contributed by atoms with Crippen molar-refractivity contribution in [3.8, 4) is 0 Å². The van der Waals surface area contributed by atoms with Crippen LogP contribution in [-0.2, 0) is 4.74 Å². The van der Waals surface area contributed by atoms with E-state index in [0.717, 1.165) is 32.7 Å². The van der Waals surface area contributed by atoms with Crippen LogP contribution in [0.4, 0.5) is 5.69 Å². The first-order valence-electron chi connectivity index (χ1n) is 7.78. The van der Waals surface area contributed by atoms with Gasteiger partial charge in [0.2, 0.25) is 0 Å². The summed E-state index contributed by atoms with van der Waals surface area (Å²) in [5.41, 5.74) is 9.13. The monoisotopic (exact) mass is 387 g/mol. The van der Waals surface area contributed by atoms with Gasteiger partial charge in [-0.25, -0.2) is 4.79 Å². The number of ether oxygens (including phenoxy) is 1. The number of carbonyl (C=O) groups is 1. The summed E-state index contributed by atoms with van der Waals surface area (Å²) in [7, 11) is 0. The van der Waals surface area contributed by atoms with Crippen LogP contribution < -0.4 is 16.4 Å². The molecule has 1 aliphatic rings. The van der Waals surface area contributed by atoms with Crippen LogP contribution in [0.2, 0.25) is 0 Å². The van der Waals surface area contributed by atoms with Crippen LogP contribution in [0.25, 0.3) is 0 Å². The molecule has 0 saturated carbocycles. The highest BCUT2D eigenvalue weighted by Gasteiger charge is 2.17. The van der Waals surface area contributed by atoms with E-state index < -0.39 is 0 Å². The molecule has 24 heavy (non-hydrogen) atoms. The lowest BCUT2D eigenvalue weighted by Crippen LogP contribution is -2.24. The summed E-state index contributed by atoms with van der Waals surface area (Å²) in [5, 5.41) is 1.60. The minimum atomic E-state index is -0.321. The Balaban J connectivity index is 1.88. The van der Waals surface area contributed by atoms with Crippen LogP contribution in [0.15, 0.2) is 44.8 Å². The number of fused-ring (bicyclic) bond motifs is 1. The van der Waals surface area contributed by atoms with E-state index in [-0.39, 0.29) is 12.1 Å². The molecule has 0 bridgehead atoms. The molecule has 0 aromatic heterocycles. The van der Waals surface area contributed by atoms with E-state index in [2.05, 4.69) is 25.9 Å². The van der Waals surface area contributed by atoms with Gasteiger partial charge in [-0.2, -0.15) is 0 Å². The summed E-state index contributed by atoms with van der Waals surface area (Å²) in [6, 6.07) is 9.15. The molecule has 5 nitrogen and oxygen atoms in total. The van der Waals surface area contributed by atoms with Crippen LogP contribution in [0, 0.1) is 6.92 Å². The number of anilines is 1. The zero-order chi connectivity index (χ0) is 17.3. The molecule has 0 radical (unpaired) electrons. The maximum Gasteiger partial charge on any atom is 0.338 e. The summed E-state index contributed by atoms with van der Waals surface area (Å²) >= 11 is 3.50. The number of nitrogens with two attached hydrogens (primary N) is 1. The largest absolute Gasteiger partial charge is 0.462 e. The van der Waals surface area contributed by atoms with E-state index in [1.54, 1.807) is 12.1 Å². The Kier molecular flexibility index (Phi) is 4.66. The lowest BCUT2D eigenvalue weighted by molar-refractivity contribution is 0.0505. The predicted molar refractivity (Wildman–Crippen MR) is 95.4 cm³/mol. The smallest absolute Gasteiger partial charge is 0.338 e. The number of hydrogen-bond donors (Lipinski definition) is 1. The van der Waals surface area contributed by atoms with Gasteiger partial charge in [0, 0.05) is 0 Å². The third kappa shape index (κ3) is 3.06. The number of esters is 1. The number of nitrogens with zero attached hydrogens (tertiary/aromatic N) is 2. The van der Waals surface area contributed by atoms with Crippen molar-refractivity contribution in [1.29, 1.82) is 0 Å². The summed E-state index contributed by atoms with van der Waals surface area (Å²) in [6.07, 6.45) is 0.484. The number of benzene rings is 2. The Morgan fingerprint density at radius 3 is 2.67 bits per heavy atom. The van der Waals surface area contributed by atoms with Crippen molar-refractivity contribution >= 4 is 27.6 Å². The number of rotatable bonds is 4. The third-order valence-electron chi connectivity index (χ3n) is 3.86. The maximum atomic E-state index is 11.8. The number of hydrogen-bond acceptors (Lipinski definition) is 5. The molecule has 1 aliphatic heterocycles. The molecule has 0 spiro atoms.